The monoisotopic (exact) mass is 306 g/mol. The highest BCUT2D eigenvalue weighted by Gasteiger charge is 2.18. The van der Waals surface area contributed by atoms with Crippen LogP contribution in [0.25, 0.3) is 0 Å². The number of fused-ring (bicyclic) bond motifs is 1. The fourth-order valence-electron chi connectivity index (χ4n) is 2.42. The minimum atomic E-state index is 0.360. The Hall–Kier alpha value is -0.600. The number of alkyl halides is 1. The molecule has 1 atom stereocenters. The van der Waals surface area contributed by atoms with Crippen molar-refractivity contribution in [1.29, 1.82) is 0 Å². The van der Waals surface area contributed by atoms with Gasteiger partial charge >= 0.3 is 0 Å². The molecule has 1 aliphatic rings. The average molecular weight is 307 g/mol. The zero-order chi connectivity index (χ0) is 11.7. The molecule has 2 heteroatoms. The summed E-state index contributed by atoms with van der Waals surface area (Å²) in [6.07, 6.45) is 5.29. The first kappa shape index (κ1) is 11.5. The molecule has 0 spiro atoms. The van der Waals surface area contributed by atoms with Crippen molar-refractivity contribution in [3.05, 3.63) is 57.3 Å². The Morgan fingerprint density at radius 1 is 1.06 bits per heavy atom. The second-order valence-corrected chi connectivity index (χ2v) is 6.66. The molecule has 1 unspecified atom stereocenters. The summed E-state index contributed by atoms with van der Waals surface area (Å²) in [4.78, 5) is 3.44. The van der Waals surface area contributed by atoms with Crippen molar-refractivity contribution in [2.24, 2.45) is 0 Å². The summed E-state index contributed by atoms with van der Waals surface area (Å²) in [5, 5.41) is 0. The molecule has 1 aliphatic carbocycles. The molecule has 0 radical (unpaired) electrons. The molecule has 0 fully saturated rings. The van der Waals surface area contributed by atoms with Gasteiger partial charge in [0.2, 0.25) is 0 Å². The van der Waals surface area contributed by atoms with E-state index < -0.39 is 0 Å². The molecule has 3 rings (SSSR count). The van der Waals surface area contributed by atoms with Crippen molar-refractivity contribution >= 4 is 27.3 Å². The molecule has 2 aromatic rings. The van der Waals surface area contributed by atoms with Gasteiger partial charge < -0.3 is 0 Å². The molecular weight excluding hydrogens is 292 g/mol. The van der Waals surface area contributed by atoms with E-state index in [-0.39, 0.29) is 0 Å². The van der Waals surface area contributed by atoms with Gasteiger partial charge in [-0.1, -0.05) is 46.3 Å². The summed E-state index contributed by atoms with van der Waals surface area (Å²) in [5.41, 5.74) is 2.95. The van der Waals surface area contributed by atoms with E-state index in [1.165, 1.54) is 36.1 Å². The van der Waals surface area contributed by atoms with Crippen LogP contribution in [-0.4, -0.2) is 0 Å². The zero-order valence-corrected chi connectivity index (χ0v) is 12.1. The number of aryl methyl sites for hydroxylation is 2. The number of halogens is 1. The van der Waals surface area contributed by atoms with Gasteiger partial charge in [-0.25, -0.2) is 0 Å². The number of rotatable bonds is 2. The van der Waals surface area contributed by atoms with Crippen LogP contribution in [0, 0.1) is 0 Å². The molecule has 0 amide bonds. The van der Waals surface area contributed by atoms with E-state index in [1.807, 2.05) is 11.3 Å². The highest BCUT2D eigenvalue weighted by molar-refractivity contribution is 9.09. The standard InChI is InChI=1S/C15H15BrS/c16-15(11-6-2-1-3-7-11)14-10-12-8-4-5-9-13(12)17-14/h1-3,6-7,10,15H,4-5,8-9H2. The smallest absolute Gasteiger partial charge is 0.0738 e. The minimum Gasteiger partial charge on any atom is -0.144 e. The minimum absolute atomic E-state index is 0.360. The highest BCUT2D eigenvalue weighted by atomic mass is 79.9. The number of benzene rings is 1. The van der Waals surface area contributed by atoms with Crippen LogP contribution in [0.4, 0.5) is 0 Å². The molecule has 0 saturated heterocycles. The van der Waals surface area contributed by atoms with Crippen molar-refractivity contribution < 1.29 is 0 Å². The van der Waals surface area contributed by atoms with Gasteiger partial charge in [0, 0.05) is 9.75 Å². The van der Waals surface area contributed by atoms with Gasteiger partial charge in [0.15, 0.2) is 0 Å². The van der Waals surface area contributed by atoms with Gasteiger partial charge in [-0.15, -0.1) is 11.3 Å². The van der Waals surface area contributed by atoms with Gasteiger partial charge in [-0.3, -0.25) is 0 Å². The Morgan fingerprint density at radius 2 is 1.82 bits per heavy atom. The van der Waals surface area contributed by atoms with E-state index in [0.717, 1.165) is 0 Å². The van der Waals surface area contributed by atoms with Crippen LogP contribution < -0.4 is 0 Å². The lowest BCUT2D eigenvalue weighted by Gasteiger charge is -2.08. The van der Waals surface area contributed by atoms with Crippen LogP contribution >= 0.6 is 27.3 Å². The van der Waals surface area contributed by atoms with Crippen molar-refractivity contribution in [2.45, 2.75) is 30.5 Å². The van der Waals surface area contributed by atoms with Gasteiger partial charge in [-0.2, -0.15) is 0 Å². The predicted octanol–water partition coefficient (Wildman–Crippen LogP) is 5.11. The molecule has 0 bridgehead atoms. The molecule has 17 heavy (non-hydrogen) atoms. The Labute approximate surface area is 115 Å². The van der Waals surface area contributed by atoms with Gasteiger partial charge in [0.05, 0.1) is 4.83 Å². The van der Waals surface area contributed by atoms with Gasteiger partial charge in [0.1, 0.15) is 0 Å². The molecular formula is C15H15BrS. The van der Waals surface area contributed by atoms with Crippen LogP contribution in [0.5, 0.6) is 0 Å². The SMILES string of the molecule is BrC(c1ccccc1)c1cc2c(s1)CCCC2. The molecule has 0 N–H and O–H groups in total. The maximum absolute atomic E-state index is 3.83. The van der Waals surface area contributed by atoms with E-state index in [4.69, 9.17) is 0 Å². The summed E-state index contributed by atoms with van der Waals surface area (Å²) >= 11 is 5.82. The van der Waals surface area contributed by atoms with Crippen LogP contribution in [0.1, 0.15) is 38.6 Å². The van der Waals surface area contributed by atoms with E-state index >= 15 is 0 Å². The molecule has 0 nitrogen and oxygen atoms in total. The first-order valence-electron chi connectivity index (χ1n) is 6.15. The molecule has 0 aliphatic heterocycles. The second kappa shape index (κ2) is 4.95. The maximum Gasteiger partial charge on any atom is 0.0738 e. The normalized spacial score (nSPS) is 16.5. The number of thiophene rings is 1. The van der Waals surface area contributed by atoms with Crippen LogP contribution in [0.2, 0.25) is 0 Å². The van der Waals surface area contributed by atoms with Crippen LogP contribution in [0.3, 0.4) is 0 Å². The molecule has 0 saturated carbocycles. The fraction of sp³-hybridized carbons (Fsp3) is 0.333. The van der Waals surface area contributed by atoms with E-state index in [9.17, 15) is 0 Å². The zero-order valence-electron chi connectivity index (χ0n) is 9.66. The Balaban J connectivity index is 1.91. The molecule has 1 aromatic carbocycles. The lowest BCUT2D eigenvalue weighted by atomic mass is 9.99. The first-order valence-corrected chi connectivity index (χ1v) is 7.88. The third-order valence-corrected chi connectivity index (χ3v) is 5.98. The number of hydrogen-bond acceptors (Lipinski definition) is 1. The van der Waals surface area contributed by atoms with E-state index in [0.29, 0.717) is 4.83 Å². The topological polar surface area (TPSA) is 0 Å². The third kappa shape index (κ3) is 2.34. The average Bonchev–Trinajstić information content (AvgIpc) is 2.82. The summed E-state index contributed by atoms with van der Waals surface area (Å²) in [7, 11) is 0. The van der Waals surface area contributed by atoms with E-state index in [1.54, 1.807) is 10.4 Å². The maximum atomic E-state index is 3.83. The van der Waals surface area contributed by atoms with Gasteiger partial charge in [0.25, 0.3) is 0 Å². The van der Waals surface area contributed by atoms with Crippen molar-refractivity contribution in [2.75, 3.05) is 0 Å². The third-order valence-electron chi connectivity index (χ3n) is 3.36. The largest absolute Gasteiger partial charge is 0.144 e. The molecule has 1 heterocycles. The fourth-order valence-corrected chi connectivity index (χ4v) is 4.41. The summed E-state index contributed by atoms with van der Waals surface area (Å²) in [6.45, 7) is 0. The Bertz CT molecular complexity index is 477. The predicted molar refractivity (Wildman–Crippen MR) is 78.2 cm³/mol. The summed E-state index contributed by atoms with van der Waals surface area (Å²) < 4.78 is 0. The van der Waals surface area contributed by atoms with E-state index in [2.05, 4.69) is 52.3 Å². The lowest BCUT2D eigenvalue weighted by molar-refractivity contribution is 0.697. The molecule has 88 valence electrons. The van der Waals surface area contributed by atoms with Crippen LogP contribution in [0.15, 0.2) is 36.4 Å². The highest BCUT2D eigenvalue weighted by Crippen LogP contribution is 2.39. The quantitative estimate of drug-likeness (QED) is 0.676. The van der Waals surface area contributed by atoms with Crippen molar-refractivity contribution in [1.82, 2.24) is 0 Å². The number of hydrogen-bond donors (Lipinski definition) is 0. The Kier molecular flexibility index (Phi) is 3.34. The Morgan fingerprint density at radius 3 is 2.59 bits per heavy atom. The first-order chi connectivity index (χ1) is 8.34. The van der Waals surface area contributed by atoms with Crippen LogP contribution in [-0.2, 0) is 12.8 Å². The second-order valence-electron chi connectivity index (χ2n) is 4.58. The van der Waals surface area contributed by atoms with Gasteiger partial charge in [-0.05, 0) is 42.9 Å². The van der Waals surface area contributed by atoms with Crippen molar-refractivity contribution in [3.63, 3.8) is 0 Å². The lowest BCUT2D eigenvalue weighted by Crippen LogP contribution is -1.96. The summed E-state index contributed by atoms with van der Waals surface area (Å²) in [5.74, 6) is 0. The summed E-state index contributed by atoms with van der Waals surface area (Å²) in [6, 6.07) is 13.1. The van der Waals surface area contributed by atoms with Crippen molar-refractivity contribution in [3.8, 4) is 0 Å². The molecule has 1 aromatic heterocycles.